The summed E-state index contributed by atoms with van der Waals surface area (Å²) < 4.78 is 39.3. The highest BCUT2D eigenvalue weighted by Crippen LogP contribution is 2.29. The lowest BCUT2D eigenvalue weighted by molar-refractivity contribution is 0.424. The lowest BCUT2D eigenvalue weighted by Crippen LogP contribution is -2.27. The maximum absolute atomic E-state index is 13.4. The Morgan fingerprint density at radius 2 is 1.73 bits per heavy atom. The first kappa shape index (κ1) is 10.5. The van der Waals surface area contributed by atoms with Crippen LogP contribution in [-0.2, 0) is 0 Å². The van der Waals surface area contributed by atoms with Crippen molar-refractivity contribution in [3.8, 4) is 0 Å². The zero-order chi connectivity index (χ0) is 10.8. The maximum Gasteiger partial charge on any atom is 0.162 e. The Bertz CT molecular complexity index is 359. The molecule has 0 atom stereocenters. The third-order valence-corrected chi connectivity index (χ3v) is 2.80. The highest BCUT2D eigenvalue weighted by atomic mass is 19.2. The number of benzene rings is 1. The predicted octanol–water partition coefficient (Wildman–Crippen LogP) is 2.57. The average molecular weight is 215 g/mol. The van der Waals surface area contributed by atoms with Crippen LogP contribution in [0.3, 0.4) is 0 Å². The molecule has 1 aliphatic rings. The Labute approximate surface area is 86.3 Å². The number of nitrogens with one attached hydrogen (secondary N) is 1. The summed E-state index contributed by atoms with van der Waals surface area (Å²) in [5.41, 5.74) is 0.175. The Kier molecular flexibility index (Phi) is 2.95. The van der Waals surface area contributed by atoms with Gasteiger partial charge < -0.3 is 5.32 Å². The van der Waals surface area contributed by atoms with Crippen molar-refractivity contribution in [3.63, 3.8) is 0 Å². The fraction of sp³-hybridized carbons (Fsp3) is 0.455. The average Bonchev–Trinajstić information content (AvgIpc) is 2.24. The van der Waals surface area contributed by atoms with E-state index in [0.717, 1.165) is 32.0 Å². The van der Waals surface area contributed by atoms with Crippen molar-refractivity contribution < 1.29 is 13.2 Å². The van der Waals surface area contributed by atoms with Gasteiger partial charge in [-0.05, 0) is 43.5 Å². The third kappa shape index (κ3) is 2.15. The molecule has 0 bridgehead atoms. The molecule has 1 heterocycles. The van der Waals surface area contributed by atoms with Gasteiger partial charge in [0.2, 0.25) is 0 Å². The van der Waals surface area contributed by atoms with Crippen molar-refractivity contribution in [2.45, 2.75) is 18.8 Å². The molecule has 0 aromatic heterocycles. The lowest BCUT2D eigenvalue weighted by Gasteiger charge is -2.23. The zero-order valence-electron chi connectivity index (χ0n) is 8.19. The Balaban J connectivity index is 2.33. The molecule has 0 spiro atoms. The van der Waals surface area contributed by atoms with Crippen LogP contribution in [0.25, 0.3) is 0 Å². The monoisotopic (exact) mass is 215 g/mol. The topological polar surface area (TPSA) is 12.0 Å². The summed E-state index contributed by atoms with van der Waals surface area (Å²) in [6.07, 6.45) is 1.44. The number of hydrogen-bond donors (Lipinski definition) is 1. The smallest absolute Gasteiger partial charge is 0.162 e. The molecule has 1 aromatic carbocycles. The molecule has 1 aliphatic heterocycles. The molecule has 82 valence electrons. The predicted molar refractivity (Wildman–Crippen MR) is 51.2 cm³/mol. The third-order valence-electron chi connectivity index (χ3n) is 2.80. The molecule has 1 nitrogen and oxygen atoms in total. The summed E-state index contributed by atoms with van der Waals surface area (Å²) >= 11 is 0. The molecule has 2 rings (SSSR count). The van der Waals surface area contributed by atoms with Gasteiger partial charge in [-0.25, -0.2) is 13.2 Å². The molecule has 0 amide bonds. The van der Waals surface area contributed by atoms with Crippen LogP contribution in [0, 0.1) is 17.5 Å². The van der Waals surface area contributed by atoms with Crippen LogP contribution in [0.2, 0.25) is 0 Å². The van der Waals surface area contributed by atoms with Crippen LogP contribution >= 0.6 is 0 Å². The van der Waals surface area contributed by atoms with Crippen LogP contribution in [0.5, 0.6) is 0 Å². The van der Waals surface area contributed by atoms with E-state index in [1.54, 1.807) is 0 Å². The van der Waals surface area contributed by atoms with Gasteiger partial charge in [0.25, 0.3) is 0 Å². The van der Waals surface area contributed by atoms with Crippen LogP contribution < -0.4 is 5.32 Å². The molecule has 15 heavy (non-hydrogen) atoms. The summed E-state index contributed by atoms with van der Waals surface area (Å²) in [5, 5.41) is 3.12. The van der Waals surface area contributed by atoms with E-state index in [2.05, 4.69) is 5.32 Å². The van der Waals surface area contributed by atoms with E-state index in [1.807, 2.05) is 0 Å². The van der Waals surface area contributed by atoms with Crippen LogP contribution in [-0.4, -0.2) is 13.1 Å². The van der Waals surface area contributed by atoms with Gasteiger partial charge in [0, 0.05) is 6.07 Å². The van der Waals surface area contributed by atoms with Gasteiger partial charge in [-0.1, -0.05) is 0 Å². The van der Waals surface area contributed by atoms with Gasteiger partial charge in [-0.3, -0.25) is 0 Å². The fourth-order valence-corrected chi connectivity index (χ4v) is 2.01. The second-order valence-corrected chi connectivity index (χ2v) is 3.82. The molecule has 1 N–H and O–H groups in total. The quantitative estimate of drug-likeness (QED) is 0.710. The second-order valence-electron chi connectivity index (χ2n) is 3.82. The summed E-state index contributed by atoms with van der Waals surface area (Å²) in [7, 11) is 0. The molecule has 0 radical (unpaired) electrons. The van der Waals surface area contributed by atoms with Crippen molar-refractivity contribution in [3.05, 3.63) is 35.1 Å². The van der Waals surface area contributed by atoms with Crippen molar-refractivity contribution >= 4 is 0 Å². The SMILES string of the molecule is Fc1cc(F)c(F)c(C2CCNCC2)c1. The number of hydrogen-bond acceptors (Lipinski definition) is 1. The van der Waals surface area contributed by atoms with E-state index in [-0.39, 0.29) is 11.5 Å². The summed E-state index contributed by atoms with van der Waals surface area (Å²) in [6.45, 7) is 1.53. The Hall–Kier alpha value is -1.03. The minimum Gasteiger partial charge on any atom is -0.317 e. The van der Waals surface area contributed by atoms with E-state index in [4.69, 9.17) is 0 Å². The van der Waals surface area contributed by atoms with Crippen LogP contribution in [0.1, 0.15) is 24.3 Å². The summed E-state index contributed by atoms with van der Waals surface area (Å²) in [6, 6.07) is 1.69. The molecule has 1 saturated heterocycles. The molecular weight excluding hydrogens is 203 g/mol. The summed E-state index contributed by atoms with van der Waals surface area (Å²) in [4.78, 5) is 0. The molecular formula is C11H12F3N. The molecule has 0 unspecified atom stereocenters. The molecule has 4 heteroatoms. The maximum atomic E-state index is 13.4. The van der Waals surface area contributed by atoms with Crippen molar-refractivity contribution in [1.82, 2.24) is 5.32 Å². The first-order chi connectivity index (χ1) is 7.18. The van der Waals surface area contributed by atoms with E-state index in [1.165, 1.54) is 0 Å². The minimum atomic E-state index is -1.09. The van der Waals surface area contributed by atoms with Crippen molar-refractivity contribution in [2.75, 3.05) is 13.1 Å². The van der Waals surface area contributed by atoms with E-state index < -0.39 is 17.5 Å². The van der Waals surface area contributed by atoms with Gasteiger partial charge in [0.15, 0.2) is 11.6 Å². The van der Waals surface area contributed by atoms with Gasteiger partial charge in [0.1, 0.15) is 5.82 Å². The first-order valence-electron chi connectivity index (χ1n) is 5.03. The number of piperidine rings is 1. The van der Waals surface area contributed by atoms with Crippen LogP contribution in [0.15, 0.2) is 12.1 Å². The van der Waals surface area contributed by atoms with Gasteiger partial charge >= 0.3 is 0 Å². The van der Waals surface area contributed by atoms with Gasteiger partial charge in [0.05, 0.1) is 0 Å². The fourth-order valence-electron chi connectivity index (χ4n) is 2.01. The van der Waals surface area contributed by atoms with E-state index >= 15 is 0 Å². The highest BCUT2D eigenvalue weighted by molar-refractivity contribution is 5.24. The second kappa shape index (κ2) is 4.23. The molecule has 0 aliphatic carbocycles. The van der Waals surface area contributed by atoms with E-state index in [0.29, 0.717) is 6.07 Å². The largest absolute Gasteiger partial charge is 0.317 e. The Morgan fingerprint density at radius 1 is 1.07 bits per heavy atom. The minimum absolute atomic E-state index is 0.0727. The van der Waals surface area contributed by atoms with Crippen molar-refractivity contribution in [1.29, 1.82) is 0 Å². The lowest BCUT2D eigenvalue weighted by atomic mass is 9.90. The van der Waals surface area contributed by atoms with E-state index in [9.17, 15) is 13.2 Å². The molecule has 0 saturated carbocycles. The molecule has 1 fully saturated rings. The Morgan fingerprint density at radius 3 is 2.40 bits per heavy atom. The summed E-state index contributed by atoms with van der Waals surface area (Å²) in [5.74, 6) is -2.77. The first-order valence-corrected chi connectivity index (χ1v) is 5.03. The standard InChI is InChI=1S/C11H12F3N/c12-8-5-9(11(14)10(13)6-8)7-1-3-15-4-2-7/h5-7,15H,1-4H2. The van der Waals surface area contributed by atoms with Gasteiger partial charge in [-0.2, -0.15) is 0 Å². The zero-order valence-corrected chi connectivity index (χ0v) is 8.19. The normalized spacial score (nSPS) is 18.1. The van der Waals surface area contributed by atoms with Crippen molar-refractivity contribution in [2.24, 2.45) is 0 Å². The molecule has 1 aromatic rings. The number of rotatable bonds is 1. The van der Waals surface area contributed by atoms with Gasteiger partial charge in [-0.15, -0.1) is 0 Å². The van der Waals surface area contributed by atoms with Crippen LogP contribution in [0.4, 0.5) is 13.2 Å². The highest BCUT2D eigenvalue weighted by Gasteiger charge is 2.21. The number of halogens is 3.